The Hall–Kier alpha value is -1.71. The number of nitrogens with zero attached hydrogens (tertiary/aromatic N) is 4. The maximum atomic E-state index is 4.31. The van der Waals surface area contributed by atoms with Crippen molar-refractivity contribution < 1.29 is 0 Å². The minimum Gasteiger partial charge on any atom is -0.238 e. The molecule has 0 fully saturated rings. The highest BCUT2D eigenvalue weighted by Gasteiger charge is 2.01. The first-order chi connectivity index (χ1) is 6.79. The standard InChI is InChI=1S/C10H12N4/c1-3-9-7-10(13-8(2)12-9)14-6-4-5-11-14/h4-7H,3H2,1-2H3. The van der Waals surface area contributed by atoms with Crippen molar-refractivity contribution in [3.63, 3.8) is 0 Å². The monoisotopic (exact) mass is 188 g/mol. The Bertz CT molecular complexity index is 420. The van der Waals surface area contributed by atoms with E-state index in [1.54, 1.807) is 10.9 Å². The lowest BCUT2D eigenvalue weighted by Gasteiger charge is -2.03. The summed E-state index contributed by atoms with van der Waals surface area (Å²) < 4.78 is 1.74. The number of aryl methyl sites for hydroxylation is 2. The fraction of sp³-hybridized carbons (Fsp3) is 0.300. The molecule has 2 rings (SSSR count). The van der Waals surface area contributed by atoms with Gasteiger partial charge in [0.25, 0.3) is 0 Å². The topological polar surface area (TPSA) is 43.6 Å². The SMILES string of the molecule is CCc1cc(-n2cccn2)nc(C)n1. The van der Waals surface area contributed by atoms with Gasteiger partial charge in [-0.15, -0.1) is 0 Å². The third-order valence-corrected chi connectivity index (χ3v) is 1.98. The van der Waals surface area contributed by atoms with Crippen molar-refractivity contribution in [3.05, 3.63) is 36.0 Å². The van der Waals surface area contributed by atoms with Gasteiger partial charge in [0.15, 0.2) is 5.82 Å². The van der Waals surface area contributed by atoms with Gasteiger partial charge in [0.05, 0.1) is 0 Å². The van der Waals surface area contributed by atoms with E-state index in [-0.39, 0.29) is 0 Å². The highest BCUT2D eigenvalue weighted by atomic mass is 15.3. The summed E-state index contributed by atoms with van der Waals surface area (Å²) in [5.41, 5.74) is 1.04. The number of rotatable bonds is 2. The van der Waals surface area contributed by atoms with E-state index < -0.39 is 0 Å². The molecule has 0 atom stereocenters. The van der Waals surface area contributed by atoms with Crippen molar-refractivity contribution >= 4 is 0 Å². The molecule has 0 unspecified atom stereocenters. The molecule has 0 aromatic carbocycles. The van der Waals surface area contributed by atoms with Crippen molar-refractivity contribution in [3.8, 4) is 5.82 Å². The van der Waals surface area contributed by atoms with Crippen LogP contribution < -0.4 is 0 Å². The fourth-order valence-corrected chi connectivity index (χ4v) is 1.31. The van der Waals surface area contributed by atoms with Crippen molar-refractivity contribution in [1.82, 2.24) is 19.7 Å². The number of hydrogen-bond acceptors (Lipinski definition) is 3. The van der Waals surface area contributed by atoms with Crippen LogP contribution in [0.15, 0.2) is 24.5 Å². The van der Waals surface area contributed by atoms with Crippen molar-refractivity contribution in [2.45, 2.75) is 20.3 Å². The first-order valence-electron chi connectivity index (χ1n) is 4.64. The van der Waals surface area contributed by atoms with Gasteiger partial charge in [0.1, 0.15) is 5.82 Å². The molecule has 0 aliphatic rings. The van der Waals surface area contributed by atoms with E-state index in [9.17, 15) is 0 Å². The van der Waals surface area contributed by atoms with Crippen LogP contribution in [0.3, 0.4) is 0 Å². The summed E-state index contributed by atoms with van der Waals surface area (Å²) >= 11 is 0. The summed E-state index contributed by atoms with van der Waals surface area (Å²) in [5, 5.41) is 4.13. The van der Waals surface area contributed by atoms with Gasteiger partial charge in [-0.25, -0.2) is 14.6 Å². The van der Waals surface area contributed by atoms with E-state index in [0.29, 0.717) is 0 Å². The molecule has 0 saturated carbocycles. The third kappa shape index (κ3) is 1.64. The first-order valence-corrected chi connectivity index (χ1v) is 4.64. The summed E-state index contributed by atoms with van der Waals surface area (Å²) in [6, 6.07) is 3.84. The quantitative estimate of drug-likeness (QED) is 0.717. The lowest BCUT2D eigenvalue weighted by molar-refractivity contribution is 0.814. The second-order valence-electron chi connectivity index (χ2n) is 3.07. The summed E-state index contributed by atoms with van der Waals surface area (Å²) in [5.74, 6) is 1.62. The van der Waals surface area contributed by atoms with E-state index in [2.05, 4.69) is 22.0 Å². The zero-order valence-electron chi connectivity index (χ0n) is 8.31. The summed E-state index contributed by atoms with van der Waals surface area (Å²) in [7, 11) is 0. The lowest BCUT2D eigenvalue weighted by Crippen LogP contribution is -2.03. The largest absolute Gasteiger partial charge is 0.238 e. The molecular weight excluding hydrogens is 176 g/mol. The van der Waals surface area contributed by atoms with Gasteiger partial charge in [-0.2, -0.15) is 5.10 Å². The Kier molecular flexibility index (Phi) is 2.26. The zero-order chi connectivity index (χ0) is 9.97. The van der Waals surface area contributed by atoms with Crippen LogP contribution in [0.4, 0.5) is 0 Å². The molecule has 0 bridgehead atoms. The van der Waals surface area contributed by atoms with Crippen LogP contribution in [-0.4, -0.2) is 19.7 Å². The predicted molar refractivity (Wildman–Crippen MR) is 53.3 cm³/mol. The molecule has 2 aromatic heterocycles. The number of aromatic nitrogens is 4. The molecular formula is C10H12N4. The van der Waals surface area contributed by atoms with Crippen LogP contribution >= 0.6 is 0 Å². The van der Waals surface area contributed by atoms with Crippen LogP contribution in [0, 0.1) is 6.92 Å². The van der Waals surface area contributed by atoms with Gasteiger partial charge in [-0.05, 0) is 19.4 Å². The maximum Gasteiger partial charge on any atom is 0.157 e. The van der Waals surface area contributed by atoms with Crippen LogP contribution in [0.25, 0.3) is 5.82 Å². The average molecular weight is 188 g/mol. The van der Waals surface area contributed by atoms with E-state index >= 15 is 0 Å². The van der Waals surface area contributed by atoms with Crippen LogP contribution in [-0.2, 0) is 6.42 Å². The Balaban J connectivity index is 2.48. The second-order valence-corrected chi connectivity index (χ2v) is 3.07. The van der Waals surface area contributed by atoms with E-state index in [4.69, 9.17) is 0 Å². The molecule has 0 radical (unpaired) electrons. The summed E-state index contributed by atoms with van der Waals surface area (Å²) in [6.07, 6.45) is 4.53. The van der Waals surface area contributed by atoms with Gasteiger partial charge in [0, 0.05) is 24.2 Å². The number of hydrogen-bond donors (Lipinski definition) is 0. The second kappa shape index (κ2) is 3.57. The fourth-order valence-electron chi connectivity index (χ4n) is 1.31. The van der Waals surface area contributed by atoms with Gasteiger partial charge < -0.3 is 0 Å². The summed E-state index contributed by atoms with van der Waals surface area (Å²) in [4.78, 5) is 8.62. The molecule has 4 nitrogen and oxygen atoms in total. The first kappa shape index (κ1) is 8.87. The summed E-state index contributed by atoms with van der Waals surface area (Å²) in [6.45, 7) is 3.97. The van der Waals surface area contributed by atoms with Gasteiger partial charge in [-0.3, -0.25) is 0 Å². The Morgan fingerprint density at radius 1 is 1.36 bits per heavy atom. The van der Waals surface area contributed by atoms with Crippen molar-refractivity contribution in [1.29, 1.82) is 0 Å². The normalized spacial score (nSPS) is 10.4. The van der Waals surface area contributed by atoms with E-state index in [1.807, 2.05) is 25.3 Å². The maximum absolute atomic E-state index is 4.31. The Morgan fingerprint density at radius 2 is 2.21 bits per heavy atom. The Labute approximate surface area is 82.6 Å². The van der Waals surface area contributed by atoms with Gasteiger partial charge >= 0.3 is 0 Å². The molecule has 14 heavy (non-hydrogen) atoms. The van der Waals surface area contributed by atoms with Crippen LogP contribution in [0.2, 0.25) is 0 Å². The molecule has 0 saturated heterocycles. The van der Waals surface area contributed by atoms with Crippen LogP contribution in [0.5, 0.6) is 0 Å². The minimum atomic E-state index is 0.787. The highest BCUT2D eigenvalue weighted by molar-refractivity contribution is 5.23. The molecule has 2 aromatic rings. The molecule has 0 spiro atoms. The molecule has 0 aliphatic heterocycles. The molecule has 0 N–H and O–H groups in total. The average Bonchev–Trinajstić information content (AvgIpc) is 2.69. The molecule has 2 heterocycles. The Morgan fingerprint density at radius 3 is 2.86 bits per heavy atom. The van der Waals surface area contributed by atoms with E-state index in [0.717, 1.165) is 23.8 Å². The highest BCUT2D eigenvalue weighted by Crippen LogP contribution is 2.06. The van der Waals surface area contributed by atoms with E-state index in [1.165, 1.54) is 0 Å². The minimum absolute atomic E-state index is 0.787. The van der Waals surface area contributed by atoms with Crippen molar-refractivity contribution in [2.24, 2.45) is 0 Å². The van der Waals surface area contributed by atoms with Crippen LogP contribution in [0.1, 0.15) is 18.4 Å². The van der Waals surface area contributed by atoms with Gasteiger partial charge in [0.2, 0.25) is 0 Å². The van der Waals surface area contributed by atoms with Gasteiger partial charge in [-0.1, -0.05) is 6.92 Å². The predicted octanol–water partition coefficient (Wildman–Crippen LogP) is 1.53. The molecule has 0 aliphatic carbocycles. The molecule has 72 valence electrons. The molecule has 4 heteroatoms. The molecule has 0 amide bonds. The van der Waals surface area contributed by atoms with Crippen molar-refractivity contribution in [2.75, 3.05) is 0 Å². The smallest absolute Gasteiger partial charge is 0.157 e. The zero-order valence-corrected chi connectivity index (χ0v) is 8.31. The third-order valence-electron chi connectivity index (χ3n) is 1.98. The lowest BCUT2D eigenvalue weighted by atomic mass is 10.3.